The molecule has 0 saturated heterocycles. The van der Waals surface area contributed by atoms with E-state index in [0.717, 1.165) is 6.07 Å². The Labute approximate surface area is 153 Å². The molecule has 0 atom stereocenters. The number of nitrogens with one attached hydrogen (secondary N) is 2. The van der Waals surface area contributed by atoms with E-state index in [1.54, 1.807) is 0 Å². The minimum Gasteiger partial charge on any atom is -0.396 e. The molecule has 0 aliphatic carbocycles. The maximum Gasteiger partial charge on any atom is 0.264 e. The number of amides is 1. The van der Waals surface area contributed by atoms with Crippen molar-refractivity contribution < 1.29 is 17.6 Å². The van der Waals surface area contributed by atoms with E-state index in [1.807, 2.05) is 0 Å². The molecule has 10 heteroatoms. The summed E-state index contributed by atoms with van der Waals surface area (Å²) in [6.07, 6.45) is 0.526. The number of anilines is 3. The van der Waals surface area contributed by atoms with E-state index in [9.17, 15) is 17.6 Å². The van der Waals surface area contributed by atoms with Crippen molar-refractivity contribution in [1.29, 1.82) is 0 Å². The first kappa shape index (κ1) is 17.8. The quantitative estimate of drug-likeness (QED) is 0.683. The van der Waals surface area contributed by atoms with Crippen LogP contribution >= 0.6 is 23.2 Å². The minimum atomic E-state index is -4.23. The summed E-state index contributed by atoms with van der Waals surface area (Å²) in [5.41, 5.74) is 6.57. The van der Waals surface area contributed by atoms with E-state index < -0.39 is 20.7 Å². The van der Waals surface area contributed by atoms with Gasteiger partial charge in [-0.3, -0.25) is 9.52 Å². The number of sulfonamides is 1. The zero-order valence-electron chi connectivity index (χ0n) is 12.6. The molecular formula is C15H12Cl2FN3O3S. The predicted octanol–water partition coefficient (Wildman–Crippen LogP) is 3.40. The zero-order chi connectivity index (χ0) is 18.4. The Morgan fingerprint density at radius 2 is 1.76 bits per heavy atom. The molecule has 0 fully saturated rings. The summed E-state index contributed by atoms with van der Waals surface area (Å²) in [7, 11) is -4.23. The fourth-order valence-corrected chi connectivity index (χ4v) is 4.08. The summed E-state index contributed by atoms with van der Waals surface area (Å²) in [6, 6.07) is 4.74. The van der Waals surface area contributed by atoms with Crippen LogP contribution in [0.5, 0.6) is 0 Å². The van der Waals surface area contributed by atoms with Gasteiger partial charge in [-0.15, -0.1) is 0 Å². The van der Waals surface area contributed by atoms with Crippen molar-refractivity contribution >= 4 is 56.2 Å². The molecule has 2 aromatic carbocycles. The molecule has 6 nitrogen and oxygen atoms in total. The Balaban J connectivity index is 1.99. The molecule has 0 unspecified atom stereocenters. The lowest BCUT2D eigenvalue weighted by Crippen LogP contribution is -2.21. The van der Waals surface area contributed by atoms with E-state index in [2.05, 4.69) is 10.0 Å². The number of hydrogen-bond donors (Lipinski definition) is 3. The third-order valence-electron chi connectivity index (χ3n) is 3.67. The number of nitrogens with two attached hydrogens (primary N) is 1. The van der Waals surface area contributed by atoms with Crippen molar-refractivity contribution in [3.05, 3.63) is 45.7 Å². The van der Waals surface area contributed by atoms with Crippen LogP contribution in [-0.2, 0) is 21.2 Å². The molecular weight excluding hydrogens is 392 g/mol. The van der Waals surface area contributed by atoms with E-state index >= 15 is 0 Å². The van der Waals surface area contributed by atoms with Gasteiger partial charge in [0.2, 0.25) is 5.91 Å². The monoisotopic (exact) mass is 403 g/mol. The number of carbonyl (C=O) groups excluding carboxylic acids is 1. The van der Waals surface area contributed by atoms with Gasteiger partial charge in [0.15, 0.2) is 0 Å². The molecule has 25 heavy (non-hydrogen) atoms. The van der Waals surface area contributed by atoms with Crippen molar-refractivity contribution in [3.8, 4) is 0 Å². The molecule has 3 rings (SSSR count). The van der Waals surface area contributed by atoms with Crippen molar-refractivity contribution in [2.45, 2.75) is 17.7 Å². The van der Waals surface area contributed by atoms with Crippen molar-refractivity contribution in [1.82, 2.24) is 0 Å². The molecule has 0 saturated carbocycles. The summed E-state index contributed by atoms with van der Waals surface area (Å²) in [6.45, 7) is 0. The third kappa shape index (κ3) is 3.51. The van der Waals surface area contributed by atoms with Crippen LogP contribution in [0.3, 0.4) is 0 Å². The highest BCUT2D eigenvalue weighted by Crippen LogP contribution is 2.33. The lowest BCUT2D eigenvalue weighted by Gasteiger charge is -2.18. The van der Waals surface area contributed by atoms with Crippen LogP contribution < -0.4 is 15.8 Å². The molecule has 1 heterocycles. The second-order valence-corrected chi connectivity index (χ2v) is 7.91. The molecule has 1 aliphatic heterocycles. The number of halogens is 3. The summed E-state index contributed by atoms with van der Waals surface area (Å²) >= 11 is 11.8. The number of aryl methyl sites for hydroxylation is 1. The van der Waals surface area contributed by atoms with Gasteiger partial charge in [0.25, 0.3) is 10.0 Å². The van der Waals surface area contributed by atoms with Crippen LogP contribution in [0.1, 0.15) is 12.0 Å². The maximum absolute atomic E-state index is 14.3. The molecule has 0 bridgehead atoms. The Morgan fingerprint density at radius 3 is 2.40 bits per heavy atom. The first-order valence-electron chi connectivity index (χ1n) is 7.07. The Kier molecular flexibility index (Phi) is 4.52. The number of fused-ring (bicyclic) bond motifs is 1. The molecule has 0 spiro atoms. The summed E-state index contributed by atoms with van der Waals surface area (Å²) < 4.78 is 41.6. The van der Waals surface area contributed by atoms with Crippen molar-refractivity contribution in [2.75, 3.05) is 15.8 Å². The van der Waals surface area contributed by atoms with Crippen LogP contribution in [-0.4, -0.2) is 14.3 Å². The summed E-state index contributed by atoms with van der Waals surface area (Å²) in [5.74, 6) is -1.23. The SMILES string of the molecule is Nc1c(Cl)cc(NS(=O)(=O)c2cc3c(cc2F)NC(=O)CC3)cc1Cl. The van der Waals surface area contributed by atoms with Gasteiger partial charge in [-0.2, -0.15) is 0 Å². The fraction of sp³-hybridized carbons (Fsp3) is 0.133. The van der Waals surface area contributed by atoms with E-state index in [4.69, 9.17) is 28.9 Å². The second kappa shape index (κ2) is 6.36. The lowest BCUT2D eigenvalue weighted by atomic mass is 10.0. The number of rotatable bonds is 3. The molecule has 4 N–H and O–H groups in total. The first-order valence-corrected chi connectivity index (χ1v) is 9.31. The second-order valence-electron chi connectivity index (χ2n) is 5.45. The highest BCUT2D eigenvalue weighted by molar-refractivity contribution is 7.92. The minimum absolute atomic E-state index is 0.0506. The predicted molar refractivity (Wildman–Crippen MR) is 95.0 cm³/mol. The normalized spacial score (nSPS) is 14.0. The topological polar surface area (TPSA) is 101 Å². The molecule has 1 aliphatic rings. The Morgan fingerprint density at radius 1 is 1.12 bits per heavy atom. The summed E-state index contributed by atoms with van der Waals surface area (Å²) in [4.78, 5) is 10.8. The number of nitrogen functional groups attached to an aromatic ring is 1. The molecule has 0 aromatic heterocycles. The Bertz CT molecular complexity index is 973. The van der Waals surface area contributed by atoms with Gasteiger partial charge in [0.05, 0.1) is 21.4 Å². The number of hydrogen-bond acceptors (Lipinski definition) is 4. The largest absolute Gasteiger partial charge is 0.396 e. The van der Waals surface area contributed by atoms with Gasteiger partial charge in [0.1, 0.15) is 10.7 Å². The van der Waals surface area contributed by atoms with Gasteiger partial charge in [0, 0.05) is 12.1 Å². The van der Waals surface area contributed by atoms with E-state index in [-0.39, 0.29) is 39.4 Å². The molecule has 2 aromatic rings. The van der Waals surface area contributed by atoms with E-state index in [0.29, 0.717) is 12.0 Å². The smallest absolute Gasteiger partial charge is 0.264 e. The van der Waals surface area contributed by atoms with E-state index in [1.165, 1.54) is 18.2 Å². The molecule has 1 amide bonds. The molecule has 0 radical (unpaired) electrons. The van der Waals surface area contributed by atoms with Crippen LogP contribution in [0, 0.1) is 5.82 Å². The maximum atomic E-state index is 14.3. The van der Waals surface area contributed by atoms with Crippen LogP contribution in [0.2, 0.25) is 10.0 Å². The number of carbonyl (C=O) groups is 1. The van der Waals surface area contributed by atoms with Gasteiger partial charge >= 0.3 is 0 Å². The lowest BCUT2D eigenvalue weighted by molar-refractivity contribution is -0.116. The standard InChI is InChI=1S/C15H12Cl2FN3O3S/c16-9-4-8(5-10(17)15(9)19)21-25(23,24)13-3-7-1-2-14(22)20-12(7)6-11(13)18/h3-6,21H,1-2,19H2,(H,20,22). The highest BCUT2D eigenvalue weighted by Gasteiger charge is 2.25. The summed E-state index contributed by atoms with van der Waals surface area (Å²) in [5, 5.41) is 2.64. The first-order chi connectivity index (χ1) is 11.7. The van der Waals surface area contributed by atoms with Crippen molar-refractivity contribution in [2.24, 2.45) is 0 Å². The number of benzene rings is 2. The van der Waals surface area contributed by atoms with Crippen molar-refractivity contribution in [3.63, 3.8) is 0 Å². The zero-order valence-corrected chi connectivity index (χ0v) is 14.9. The highest BCUT2D eigenvalue weighted by atomic mass is 35.5. The molecule has 132 valence electrons. The average Bonchev–Trinajstić information content (AvgIpc) is 2.51. The Hall–Kier alpha value is -2.03. The van der Waals surface area contributed by atoms with Gasteiger partial charge < -0.3 is 11.1 Å². The van der Waals surface area contributed by atoms with Crippen LogP contribution in [0.25, 0.3) is 0 Å². The third-order valence-corrected chi connectivity index (χ3v) is 5.70. The average molecular weight is 404 g/mol. The van der Waals surface area contributed by atoms with Gasteiger partial charge in [-0.25, -0.2) is 12.8 Å². The van der Waals surface area contributed by atoms with Crippen LogP contribution in [0.15, 0.2) is 29.2 Å². The van der Waals surface area contributed by atoms with Gasteiger partial charge in [-0.05, 0) is 36.2 Å². The van der Waals surface area contributed by atoms with Crippen LogP contribution in [0.4, 0.5) is 21.5 Å². The fourth-order valence-electron chi connectivity index (χ4n) is 2.44. The van der Waals surface area contributed by atoms with Gasteiger partial charge in [-0.1, -0.05) is 23.2 Å².